The first kappa shape index (κ1) is 26.1. The molecule has 0 bridgehead atoms. The molecule has 0 saturated carbocycles. The van der Waals surface area contributed by atoms with Crippen LogP contribution in [-0.2, 0) is 15.8 Å². The van der Waals surface area contributed by atoms with E-state index in [1.807, 2.05) is 26.8 Å². The maximum atomic E-state index is 12.5. The smallest absolute Gasteiger partial charge is 0.410 e. The molecule has 1 aliphatic rings. The van der Waals surface area contributed by atoms with Gasteiger partial charge in [0.15, 0.2) is 8.32 Å². The number of nitrogens with zero attached hydrogens (tertiary/aromatic N) is 2. The Morgan fingerprint density at radius 1 is 1.25 bits per heavy atom. The highest BCUT2D eigenvalue weighted by atomic mass is 28.4. The van der Waals surface area contributed by atoms with Gasteiger partial charge in [-0.3, -0.25) is 10.1 Å². The van der Waals surface area contributed by atoms with Crippen molar-refractivity contribution in [2.24, 2.45) is 0 Å². The zero-order valence-electron chi connectivity index (χ0n) is 20.8. The van der Waals surface area contributed by atoms with Gasteiger partial charge in [0.25, 0.3) is 5.69 Å². The maximum Gasteiger partial charge on any atom is 0.410 e. The summed E-state index contributed by atoms with van der Waals surface area (Å²) in [5.41, 5.74) is 0.687. The van der Waals surface area contributed by atoms with Crippen LogP contribution in [0.5, 0.6) is 0 Å². The Morgan fingerprint density at radius 2 is 1.91 bits per heavy atom. The normalized spacial score (nSPS) is 17.4. The van der Waals surface area contributed by atoms with Crippen molar-refractivity contribution >= 4 is 25.8 Å². The van der Waals surface area contributed by atoms with Gasteiger partial charge in [0.1, 0.15) is 11.3 Å². The number of nitro benzene ring substituents is 1. The molecule has 0 aromatic heterocycles. The minimum atomic E-state index is -1.95. The average molecular weight is 466 g/mol. The Balaban J connectivity index is 2.07. The van der Waals surface area contributed by atoms with Crippen LogP contribution in [0.25, 0.3) is 0 Å². The first-order valence-corrected chi connectivity index (χ1v) is 14.2. The first-order chi connectivity index (χ1) is 14.6. The molecular formula is C23H39N3O5Si. The quantitative estimate of drug-likeness (QED) is 0.305. The van der Waals surface area contributed by atoms with E-state index in [-0.39, 0.29) is 27.8 Å². The number of amides is 1. The zero-order chi connectivity index (χ0) is 24.3. The van der Waals surface area contributed by atoms with Crippen LogP contribution in [0.3, 0.4) is 0 Å². The van der Waals surface area contributed by atoms with Crippen LogP contribution in [0.2, 0.25) is 18.1 Å². The summed E-state index contributed by atoms with van der Waals surface area (Å²) in [7, 11) is -1.95. The number of rotatable bonds is 7. The van der Waals surface area contributed by atoms with Gasteiger partial charge in [-0.05, 0) is 63.4 Å². The molecule has 1 saturated heterocycles. The van der Waals surface area contributed by atoms with E-state index < -0.39 is 13.9 Å². The first-order valence-electron chi connectivity index (χ1n) is 11.3. The number of carbonyl (C=O) groups is 1. The van der Waals surface area contributed by atoms with Gasteiger partial charge in [-0.25, -0.2) is 4.79 Å². The van der Waals surface area contributed by atoms with Crippen molar-refractivity contribution < 1.29 is 18.9 Å². The molecule has 0 unspecified atom stereocenters. The number of carbonyl (C=O) groups excluding carboxylic acids is 1. The van der Waals surface area contributed by atoms with Crippen molar-refractivity contribution in [2.75, 3.05) is 18.4 Å². The molecule has 9 heteroatoms. The van der Waals surface area contributed by atoms with Crippen molar-refractivity contribution in [3.63, 3.8) is 0 Å². The molecule has 8 nitrogen and oxygen atoms in total. The fourth-order valence-corrected chi connectivity index (χ4v) is 4.24. The van der Waals surface area contributed by atoms with Crippen LogP contribution in [0.15, 0.2) is 18.2 Å². The van der Waals surface area contributed by atoms with Gasteiger partial charge in [0.2, 0.25) is 0 Å². The minimum Gasteiger partial charge on any atom is -0.444 e. The molecule has 1 aromatic rings. The highest BCUT2D eigenvalue weighted by Crippen LogP contribution is 2.37. The second kappa shape index (κ2) is 9.78. The molecule has 1 fully saturated rings. The van der Waals surface area contributed by atoms with E-state index in [9.17, 15) is 14.9 Å². The molecule has 32 heavy (non-hydrogen) atoms. The van der Waals surface area contributed by atoms with Crippen LogP contribution < -0.4 is 5.32 Å². The van der Waals surface area contributed by atoms with Crippen molar-refractivity contribution in [3.8, 4) is 0 Å². The van der Waals surface area contributed by atoms with Gasteiger partial charge in [0, 0.05) is 19.2 Å². The second-order valence-electron chi connectivity index (χ2n) is 11.0. The van der Waals surface area contributed by atoms with Crippen LogP contribution in [0, 0.1) is 10.1 Å². The number of likely N-dealkylation sites (tertiary alicyclic amines) is 1. The molecule has 1 aromatic carbocycles. The fraction of sp³-hybridized carbons (Fsp3) is 0.696. The van der Waals surface area contributed by atoms with Crippen molar-refractivity contribution in [1.29, 1.82) is 0 Å². The van der Waals surface area contributed by atoms with E-state index in [4.69, 9.17) is 9.16 Å². The molecule has 0 radical (unpaired) electrons. The van der Waals surface area contributed by atoms with Gasteiger partial charge in [-0.2, -0.15) is 0 Å². The van der Waals surface area contributed by atoms with Crippen LogP contribution in [-0.4, -0.2) is 49.0 Å². The van der Waals surface area contributed by atoms with Crippen molar-refractivity contribution in [3.05, 3.63) is 33.9 Å². The average Bonchev–Trinajstić information content (AvgIpc) is 3.11. The highest BCUT2D eigenvalue weighted by Gasteiger charge is 2.37. The zero-order valence-corrected chi connectivity index (χ0v) is 21.8. The number of anilines is 1. The summed E-state index contributed by atoms with van der Waals surface area (Å²) >= 11 is 0. The number of benzene rings is 1. The molecule has 1 N–H and O–H groups in total. The van der Waals surface area contributed by atoms with Gasteiger partial charge in [-0.1, -0.05) is 26.8 Å². The van der Waals surface area contributed by atoms with Crippen molar-refractivity contribution in [1.82, 2.24) is 4.90 Å². The van der Waals surface area contributed by atoms with Crippen molar-refractivity contribution in [2.45, 2.75) is 90.8 Å². The lowest BCUT2D eigenvalue weighted by Gasteiger charge is -2.36. The molecule has 0 spiro atoms. The van der Waals surface area contributed by atoms with Crippen LogP contribution in [0.1, 0.15) is 59.9 Å². The van der Waals surface area contributed by atoms with E-state index in [1.165, 1.54) is 0 Å². The Bertz CT molecular complexity index is 830. The lowest BCUT2D eigenvalue weighted by Crippen LogP contribution is -2.42. The number of ether oxygens (including phenoxy) is 1. The number of hydrogen-bond donors (Lipinski definition) is 1. The summed E-state index contributed by atoms with van der Waals surface area (Å²) in [4.78, 5) is 25.5. The second-order valence-corrected chi connectivity index (χ2v) is 15.8. The summed E-state index contributed by atoms with van der Waals surface area (Å²) in [6.07, 6.45) is 1.38. The molecular weight excluding hydrogens is 426 g/mol. The van der Waals surface area contributed by atoms with Gasteiger partial charge in [-0.15, -0.1) is 0 Å². The Kier molecular flexibility index (Phi) is 7.99. The predicted molar refractivity (Wildman–Crippen MR) is 130 cm³/mol. The Hall–Kier alpha value is -2.13. The van der Waals surface area contributed by atoms with Gasteiger partial charge < -0.3 is 19.4 Å². The summed E-state index contributed by atoms with van der Waals surface area (Å²) in [5.74, 6) is 0. The summed E-state index contributed by atoms with van der Waals surface area (Å²) in [6, 6.07) is 5.11. The third-order valence-electron chi connectivity index (χ3n) is 6.20. The molecule has 1 atom stereocenters. The predicted octanol–water partition coefficient (Wildman–Crippen LogP) is 5.93. The highest BCUT2D eigenvalue weighted by molar-refractivity contribution is 6.74. The van der Waals surface area contributed by atoms with E-state index >= 15 is 0 Å². The number of nitro groups is 1. The molecule has 1 heterocycles. The summed E-state index contributed by atoms with van der Waals surface area (Å²) in [5, 5.41) is 15.0. The maximum absolute atomic E-state index is 12.5. The van der Waals surface area contributed by atoms with Gasteiger partial charge in [0.05, 0.1) is 17.6 Å². The minimum absolute atomic E-state index is 0.0168. The lowest BCUT2D eigenvalue weighted by atomic mass is 10.1. The van der Waals surface area contributed by atoms with Gasteiger partial charge >= 0.3 is 6.09 Å². The molecule has 0 aliphatic carbocycles. The molecule has 180 valence electrons. The van der Waals surface area contributed by atoms with E-state index in [1.54, 1.807) is 17.0 Å². The third kappa shape index (κ3) is 6.93. The number of hydrogen-bond acceptors (Lipinski definition) is 6. The molecule has 2 rings (SSSR count). The Labute approximate surface area is 192 Å². The largest absolute Gasteiger partial charge is 0.444 e. The van der Waals surface area contributed by atoms with Crippen LogP contribution in [0.4, 0.5) is 16.2 Å². The molecule has 1 aliphatic heterocycles. The fourth-order valence-electron chi connectivity index (χ4n) is 3.28. The summed E-state index contributed by atoms with van der Waals surface area (Å²) in [6.45, 7) is 17.8. The van der Waals surface area contributed by atoms with E-state index in [0.29, 0.717) is 25.4 Å². The van der Waals surface area contributed by atoms with Crippen LogP contribution >= 0.6 is 0 Å². The lowest BCUT2D eigenvalue weighted by molar-refractivity contribution is -0.384. The standard InChI is InChI=1S/C23H39N3O5Si/c1-22(2,3)31-21(27)25-13-9-10-18(25)15-24-19-12-11-17(14-20(19)26(28)29)16-30-32(7,8)23(4,5)6/h11-12,14,18,24H,9-10,13,15-16H2,1-8H3/t18-/m1/s1. The Morgan fingerprint density at radius 3 is 2.47 bits per heavy atom. The number of nitrogens with one attached hydrogen (secondary N) is 1. The topological polar surface area (TPSA) is 93.9 Å². The van der Waals surface area contributed by atoms with E-state index in [0.717, 1.165) is 18.4 Å². The SMILES string of the molecule is CC(C)(C)OC(=O)N1CCC[C@@H]1CNc1ccc(CO[Si](C)(C)C(C)(C)C)cc1[N+](=O)[O-]. The summed E-state index contributed by atoms with van der Waals surface area (Å²) < 4.78 is 11.7. The third-order valence-corrected chi connectivity index (χ3v) is 10.7. The molecule has 1 amide bonds. The van der Waals surface area contributed by atoms with E-state index in [2.05, 4.69) is 39.2 Å². The monoisotopic (exact) mass is 465 g/mol.